The van der Waals surface area contributed by atoms with E-state index in [-0.39, 0.29) is 24.4 Å². The van der Waals surface area contributed by atoms with E-state index in [2.05, 4.69) is 10.3 Å². The fraction of sp³-hybridized carbons (Fsp3) is 0.500. The summed E-state index contributed by atoms with van der Waals surface area (Å²) in [6.07, 6.45) is 2.01. The van der Waals surface area contributed by atoms with Gasteiger partial charge < -0.3 is 15.0 Å². The first kappa shape index (κ1) is 12.9. The second-order valence-electron chi connectivity index (χ2n) is 5.19. The molecule has 0 radical (unpaired) electrons. The van der Waals surface area contributed by atoms with Crippen LogP contribution in [0, 0.1) is 5.92 Å². The lowest BCUT2D eigenvalue weighted by molar-refractivity contribution is -0.147. The molecule has 1 aromatic rings. The average molecular weight is 275 g/mol. The molecule has 1 atom stereocenters. The zero-order chi connectivity index (χ0) is 14.1. The molecule has 0 spiro atoms. The minimum Gasteiger partial charge on any atom is -0.481 e. The van der Waals surface area contributed by atoms with Gasteiger partial charge in [-0.2, -0.15) is 0 Å². The number of hydrogen-bond acceptors (Lipinski definition) is 4. The van der Waals surface area contributed by atoms with Crippen LogP contribution in [0.4, 0.5) is 0 Å². The Morgan fingerprint density at radius 3 is 2.90 bits per heavy atom. The van der Waals surface area contributed by atoms with Gasteiger partial charge in [-0.3, -0.25) is 9.59 Å². The predicted molar refractivity (Wildman–Crippen MR) is 70.9 cm³/mol. The van der Waals surface area contributed by atoms with Crippen molar-refractivity contribution in [3.8, 4) is 5.88 Å². The quantitative estimate of drug-likeness (QED) is 0.859. The second-order valence-corrected chi connectivity index (χ2v) is 5.19. The third-order valence-corrected chi connectivity index (χ3v) is 3.73. The topological polar surface area (TPSA) is 71.5 Å². The number of aromatic nitrogens is 1. The molecule has 1 aliphatic carbocycles. The summed E-state index contributed by atoms with van der Waals surface area (Å²) in [7, 11) is 1.55. The molecule has 6 heteroatoms. The van der Waals surface area contributed by atoms with Crippen molar-refractivity contribution in [2.75, 3.05) is 13.7 Å². The lowest BCUT2D eigenvalue weighted by Crippen LogP contribution is -2.58. The summed E-state index contributed by atoms with van der Waals surface area (Å²) in [6.45, 7) is 0.427. The lowest BCUT2D eigenvalue weighted by atomic mass is 10.1. The van der Waals surface area contributed by atoms with Crippen LogP contribution in [0.3, 0.4) is 0 Å². The van der Waals surface area contributed by atoms with Gasteiger partial charge in [-0.05, 0) is 24.8 Å². The first-order valence-corrected chi connectivity index (χ1v) is 6.76. The van der Waals surface area contributed by atoms with Crippen molar-refractivity contribution in [3.63, 3.8) is 0 Å². The summed E-state index contributed by atoms with van der Waals surface area (Å²) < 4.78 is 5.08. The molecule has 2 heterocycles. The average Bonchev–Trinajstić information content (AvgIpc) is 3.28. The number of carbonyl (C=O) groups excluding carboxylic acids is 2. The van der Waals surface area contributed by atoms with E-state index < -0.39 is 0 Å². The van der Waals surface area contributed by atoms with E-state index in [9.17, 15) is 9.59 Å². The molecule has 1 aliphatic heterocycles. The van der Waals surface area contributed by atoms with Crippen LogP contribution < -0.4 is 10.1 Å². The van der Waals surface area contributed by atoms with Gasteiger partial charge in [-0.25, -0.2) is 4.98 Å². The molecular formula is C14H17N3O3. The third-order valence-electron chi connectivity index (χ3n) is 3.73. The molecule has 6 nitrogen and oxygen atoms in total. The molecule has 0 aromatic carbocycles. The molecule has 1 saturated carbocycles. The molecule has 106 valence electrons. The van der Waals surface area contributed by atoms with E-state index in [4.69, 9.17) is 4.74 Å². The number of hydrogen-bond donors (Lipinski definition) is 1. The summed E-state index contributed by atoms with van der Waals surface area (Å²) in [5, 5.41) is 2.67. The third kappa shape index (κ3) is 2.45. The van der Waals surface area contributed by atoms with Crippen molar-refractivity contribution in [2.45, 2.75) is 25.4 Å². The molecule has 2 aliphatic rings. The number of rotatable bonds is 4. The fourth-order valence-corrected chi connectivity index (χ4v) is 2.57. The zero-order valence-corrected chi connectivity index (χ0v) is 11.3. The Morgan fingerprint density at radius 2 is 2.20 bits per heavy atom. The Bertz CT molecular complexity index is 542. The van der Waals surface area contributed by atoms with E-state index >= 15 is 0 Å². The summed E-state index contributed by atoms with van der Waals surface area (Å²) >= 11 is 0. The van der Waals surface area contributed by atoms with Gasteiger partial charge >= 0.3 is 0 Å². The number of methoxy groups -OCH3 is 1. The SMILES string of the molecule is COc1cccc(CN2C(=O)CNC(=O)C2C2CC2)n1. The maximum atomic E-state index is 12.1. The molecule has 2 fully saturated rings. The number of nitrogens with one attached hydrogen (secondary N) is 1. The zero-order valence-electron chi connectivity index (χ0n) is 11.3. The van der Waals surface area contributed by atoms with Gasteiger partial charge in [0.1, 0.15) is 6.04 Å². The Labute approximate surface area is 117 Å². The van der Waals surface area contributed by atoms with Crippen LogP contribution in [-0.2, 0) is 16.1 Å². The van der Waals surface area contributed by atoms with Crippen molar-refractivity contribution in [1.29, 1.82) is 0 Å². The van der Waals surface area contributed by atoms with Crippen LogP contribution in [0.15, 0.2) is 18.2 Å². The Hall–Kier alpha value is -2.11. The highest BCUT2D eigenvalue weighted by Crippen LogP contribution is 2.36. The van der Waals surface area contributed by atoms with E-state index in [1.807, 2.05) is 12.1 Å². The van der Waals surface area contributed by atoms with Crippen molar-refractivity contribution < 1.29 is 14.3 Å². The summed E-state index contributed by atoms with van der Waals surface area (Å²) in [5.74, 6) is 0.713. The van der Waals surface area contributed by atoms with E-state index in [1.165, 1.54) is 0 Å². The van der Waals surface area contributed by atoms with Crippen molar-refractivity contribution in [1.82, 2.24) is 15.2 Å². The molecule has 1 aromatic heterocycles. The molecule has 1 saturated heterocycles. The molecule has 2 amide bonds. The number of amides is 2. The lowest BCUT2D eigenvalue weighted by Gasteiger charge is -2.34. The van der Waals surface area contributed by atoms with Crippen molar-refractivity contribution >= 4 is 11.8 Å². The van der Waals surface area contributed by atoms with E-state index in [0.717, 1.165) is 18.5 Å². The molecule has 1 N–H and O–H groups in total. The molecule has 0 bridgehead atoms. The van der Waals surface area contributed by atoms with Crippen LogP contribution in [-0.4, -0.2) is 41.4 Å². The summed E-state index contributed by atoms with van der Waals surface area (Å²) in [6, 6.07) is 5.09. The molecule has 3 rings (SSSR count). The maximum Gasteiger partial charge on any atom is 0.243 e. The van der Waals surface area contributed by atoms with Gasteiger partial charge in [-0.1, -0.05) is 6.07 Å². The highest BCUT2D eigenvalue weighted by molar-refractivity contribution is 5.95. The van der Waals surface area contributed by atoms with E-state index in [1.54, 1.807) is 18.1 Å². The molecule has 1 unspecified atom stereocenters. The van der Waals surface area contributed by atoms with Crippen LogP contribution in [0.5, 0.6) is 5.88 Å². The highest BCUT2D eigenvalue weighted by Gasteiger charge is 2.44. The van der Waals surface area contributed by atoms with Crippen molar-refractivity contribution in [2.24, 2.45) is 5.92 Å². The minimum absolute atomic E-state index is 0.0463. The Kier molecular flexibility index (Phi) is 3.30. The van der Waals surface area contributed by atoms with Crippen LogP contribution in [0.2, 0.25) is 0 Å². The maximum absolute atomic E-state index is 12.1. The summed E-state index contributed by atoms with van der Waals surface area (Å²) in [4.78, 5) is 30.1. The van der Waals surface area contributed by atoms with Gasteiger partial charge in [0.05, 0.1) is 25.9 Å². The first-order valence-electron chi connectivity index (χ1n) is 6.76. The monoisotopic (exact) mass is 275 g/mol. The standard InChI is InChI=1S/C14H17N3O3/c1-20-11-4-2-3-10(16-11)8-17-12(18)7-15-14(19)13(17)9-5-6-9/h2-4,9,13H,5-8H2,1H3,(H,15,19). The Balaban J connectivity index is 1.81. The van der Waals surface area contributed by atoms with Crippen molar-refractivity contribution in [3.05, 3.63) is 23.9 Å². The normalized spacial score (nSPS) is 22.6. The van der Waals surface area contributed by atoms with Gasteiger partial charge in [-0.15, -0.1) is 0 Å². The van der Waals surface area contributed by atoms with Crippen LogP contribution in [0.25, 0.3) is 0 Å². The van der Waals surface area contributed by atoms with Gasteiger partial charge in [0.2, 0.25) is 17.7 Å². The number of pyridine rings is 1. The fourth-order valence-electron chi connectivity index (χ4n) is 2.57. The van der Waals surface area contributed by atoms with Gasteiger partial charge in [0, 0.05) is 6.07 Å². The Morgan fingerprint density at radius 1 is 1.40 bits per heavy atom. The second kappa shape index (κ2) is 5.11. The van der Waals surface area contributed by atoms with Crippen LogP contribution in [0.1, 0.15) is 18.5 Å². The number of ether oxygens (including phenoxy) is 1. The summed E-state index contributed by atoms with van der Waals surface area (Å²) in [5.41, 5.74) is 0.734. The number of nitrogens with zero attached hydrogens (tertiary/aromatic N) is 2. The molecular weight excluding hydrogens is 258 g/mol. The van der Waals surface area contributed by atoms with Crippen LogP contribution >= 0.6 is 0 Å². The minimum atomic E-state index is -0.343. The molecule has 20 heavy (non-hydrogen) atoms. The number of carbonyl (C=O) groups is 2. The van der Waals surface area contributed by atoms with Gasteiger partial charge in [0.15, 0.2) is 0 Å². The number of piperazine rings is 1. The smallest absolute Gasteiger partial charge is 0.243 e. The predicted octanol–water partition coefficient (Wildman–Crippen LogP) is 0.327. The largest absolute Gasteiger partial charge is 0.481 e. The van der Waals surface area contributed by atoms with E-state index in [0.29, 0.717) is 18.3 Å². The van der Waals surface area contributed by atoms with Gasteiger partial charge in [0.25, 0.3) is 0 Å². The highest BCUT2D eigenvalue weighted by atomic mass is 16.5. The first-order chi connectivity index (χ1) is 9.69.